The lowest BCUT2D eigenvalue weighted by molar-refractivity contribution is -0.117. The molecule has 0 spiro atoms. The van der Waals surface area contributed by atoms with Crippen LogP contribution in [-0.2, 0) is 4.79 Å². The van der Waals surface area contributed by atoms with Crippen LogP contribution in [0.1, 0.15) is 31.7 Å². The van der Waals surface area contributed by atoms with Gasteiger partial charge in [0.15, 0.2) is 5.78 Å². The molecule has 2 heteroatoms. The number of benzene rings is 1. The molecule has 1 aromatic carbocycles. The molecule has 0 amide bonds. The summed E-state index contributed by atoms with van der Waals surface area (Å²) in [6.45, 7) is 2.14. The maximum absolute atomic E-state index is 11.9. The Morgan fingerprint density at radius 2 is 2.12 bits per heavy atom. The molecule has 17 heavy (non-hydrogen) atoms. The highest BCUT2D eigenvalue weighted by Gasteiger charge is 2.20. The van der Waals surface area contributed by atoms with Gasteiger partial charge >= 0.3 is 0 Å². The van der Waals surface area contributed by atoms with Crippen LogP contribution >= 0.6 is 0 Å². The number of carbonyl (C=O) groups excluding carboxylic acids is 1. The summed E-state index contributed by atoms with van der Waals surface area (Å²) in [7, 11) is 1.65. The van der Waals surface area contributed by atoms with E-state index in [1.165, 1.54) is 0 Å². The standard InChI is InChI=1S/C15H18O2/c1-11-7-8-12(14(16)9-11)10-13-5-3-4-6-15(13)17-2/h3-6,10-11H,7-9H2,1-2H3. The van der Waals surface area contributed by atoms with E-state index in [1.54, 1.807) is 7.11 Å². The molecule has 1 aliphatic carbocycles. The van der Waals surface area contributed by atoms with Crippen LogP contribution in [0.15, 0.2) is 29.8 Å². The Morgan fingerprint density at radius 3 is 2.82 bits per heavy atom. The molecular weight excluding hydrogens is 212 g/mol. The number of ether oxygens (including phenoxy) is 1. The predicted molar refractivity (Wildman–Crippen MR) is 69.0 cm³/mol. The van der Waals surface area contributed by atoms with Crippen LogP contribution in [0.4, 0.5) is 0 Å². The number of Topliss-reactive ketones (excluding diaryl/α,β-unsaturated/α-hetero) is 1. The lowest BCUT2D eigenvalue weighted by atomic mass is 9.85. The van der Waals surface area contributed by atoms with Crippen LogP contribution in [0.25, 0.3) is 6.08 Å². The van der Waals surface area contributed by atoms with Gasteiger partial charge in [0, 0.05) is 12.0 Å². The van der Waals surface area contributed by atoms with Crippen molar-refractivity contribution >= 4 is 11.9 Å². The van der Waals surface area contributed by atoms with Crippen LogP contribution in [0, 0.1) is 5.92 Å². The van der Waals surface area contributed by atoms with E-state index in [0.29, 0.717) is 12.3 Å². The van der Waals surface area contributed by atoms with Gasteiger partial charge in [0.1, 0.15) is 5.75 Å². The summed E-state index contributed by atoms with van der Waals surface area (Å²) in [6, 6.07) is 7.80. The van der Waals surface area contributed by atoms with Gasteiger partial charge in [0.05, 0.1) is 7.11 Å². The molecule has 1 aliphatic rings. The second kappa shape index (κ2) is 5.17. The molecule has 90 valence electrons. The highest BCUT2D eigenvalue weighted by Crippen LogP contribution is 2.28. The van der Waals surface area contributed by atoms with Crippen molar-refractivity contribution in [1.82, 2.24) is 0 Å². The average molecular weight is 230 g/mol. The van der Waals surface area contributed by atoms with Crippen molar-refractivity contribution in [3.05, 3.63) is 35.4 Å². The van der Waals surface area contributed by atoms with Gasteiger partial charge in [-0.2, -0.15) is 0 Å². The van der Waals surface area contributed by atoms with E-state index in [-0.39, 0.29) is 5.78 Å². The minimum absolute atomic E-state index is 0.287. The van der Waals surface area contributed by atoms with E-state index in [2.05, 4.69) is 6.92 Å². The molecular formula is C15H18O2. The Labute approximate surface area is 102 Å². The first kappa shape index (κ1) is 11.9. The summed E-state index contributed by atoms with van der Waals surface area (Å²) in [4.78, 5) is 11.9. The minimum Gasteiger partial charge on any atom is -0.496 e. The van der Waals surface area contributed by atoms with Crippen LogP contribution in [0.5, 0.6) is 5.75 Å². The maximum Gasteiger partial charge on any atom is 0.159 e. The summed E-state index contributed by atoms with van der Waals surface area (Å²) in [6.07, 6.45) is 4.65. The number of hydrogen-bond donors (Lipinski definition) is 0. The summed E-state index contributed by atoms with van der Waals surface area (Å²) in [5, 5.41) is 0. The molecule has 0 N–H and O–H groups in total. The molecule has 1 fully saturated rings. The Kier molecular flexibility index (Phi) is 3.62. The van der Waals surface area contributed by atoms with Crippen LogP contribution < -0.4 is 4.74 Å². The maximum atomic E-state index is 11.9. The Balaban J connectivity index is 2.26. The Morgan fingerprint density at radius 1 is 1.35 bits per heavy atom. The van der Waals surface area contributed by atoms with E-state index in [9.17, 15) is 4.79 Å². The van der Waals surface area contributed by atoms with Gasteiger partial charge in [-0.1, -0.05) is 25.1 Å². The average Bonchev–Trinajstić information content (AvgIpc) is 2.33. The van der Waals surface area contributed by atoms with Crippen molar-refractivity contribution < 1.29 is 9.53 Å². The smallest absolute Gasteiger partial charge is 0.159 e. The zero-order valence-corrected chi connectivity index (χ0v) is 10.4. The van der Waals surface area contributed by atoms with Crippen molar-refractivity contribution in [2.75, 3.05) is 7.11 Å². The van der Waals surface area contributed by atoms with Crippen molar-refractivity contribution in [2.45, 2.75) is 26.2 Å². The largest absolute Gasteiger partial charge is 0.496 e. The number of allylic oxidation sites excluding steroid dienone is 1. The molecule has 0 saturated heterocycles. The van der Waals surface area contributed by atoms with Gasteiger partial charge in [-0.3, -0.25) is 4.79 Å². The normalized spacial score (nSPS) is 22.8. The highest BCUT2D eigenvalue weighted by atomic mass is 16.5. The topological polar surface area (TPSA) is 26.3 Å². The molecule has 0 aliphatic heterocycles. The van der Waals surface area contributed by atoms with Gasteiger partial charge in [0.25, 0.3) is 0 Å². The third kappa shape index (κ3) is 2.76. The predicted octanol–water partition coefficient (Wildman–Crippen LogP) is 3.47. The number of methoxy groups -OCH3 is 1. The summed E-state index contributed by atoms with van der Waals surface area (Å²) >= 11 is 0. The van der Waals surface area contributed by atoms with Crippen LogP contribution in [0.3, 0.4) is 0 Å². The third-order valence-corrected chi connectivity index (χ3v) is 3.27. The van der Waals surface area contributed by atoms with E-state index in [4.69, 9.17) is 4.74 Å². The van der Waals surface area contributed by atoms with Crippen molar-refractivity contribution in [3.63, 3.8) is 0 Å². The quantitative estimate of drug-likeness (QED) is 0.727. The molecule has 0 aromatic heterocycles. The first-order chi connectivity index (χ1) is 8.20. The number of hydrogen-bond acceptors (Lipinski definition) is 2. The molecule has 2 rings (SSSR count). The number of rotatable bonds is 2. The SMILES string of the molecule is COc1ccccc1C=C1CCC(C)CC1=O. The van der Waals surface area contributed by atoms with E-state index in [1.807, 2.05) is 30.3 Å². The highest BCUT2D eigenvalue weighted by molar-refractivity contribution is 6.00. The van der Waals surface area contributed by atoms with Gasteiger partial charge in [0.2, 0.25) is 0 Å². The second-order valence-corrected chi connectivity index (χ2v) is 4.68. The van der Waals surface area contributed by atoms with E-state index >= 15 is 0 Å². The summed E-state index contributed by atoms with van der Waals surface area (Å²) in [5.41, 5.74) is 1.93. The molecule has 2 nitrogen and oxygen atoms in total. The first-order valence-corrected chi connectivity index (χ1v) is 6.07. The summed E-state index contributed by atoms with van der Waals surface area (Å²) in [5.74, 6) is 1.64. The number of para-hydroxylation sites is 1. The van der Waals surface area contributed by atoms with Crippen molar-refractivity contribution in [2.24, 2.45) is 5.92 Å². The number of ketones is 1. The third-order valence-electron chi connectivity index (χ3n) is 3.27. The molecule has 1 aromatic rings. The Bertz CT molecular complexity index is 446. The molecule has 1 saturated carbocycles. The number of carbonyl (C=O) groups is 1. The van der Waals surface area contributed by atoms with Crippen LogP contribution in [-0.4, -0.2) is 12.9 Å². The molecule has 0 bridgehead atoms. The minimum atomic E-state index is 0.287. The van der Waals surface area contributed by atoms with Gasteiger partial charge < -0.3 is 4.74 Å². The fourth-order valence-electron chi connectivity index (χ4n) is 2.22. The molecule has 0 heterocycles. The first-order valence-electron chi connectivity index (χ1n) is 6.07. The molecule has 0 radical (unpaired) electrons. The van der Waals surface area contributed by atoms with E-state index in [0.717, 1.165) is 29.7 Å². The molecule has 1 atom stereocenters. The van der Waals surface area contributed by atoms with Crippen molar-refractivity contribution in [3.8, 4) is 5.75 Å². The zero-order valence-electron chi connectivity index (χ0n) is 10.4. The second-order valence-electron chi connectivity index (χ2n) is 4.68. The van der Waals surface area contributed by atoms with Crippen LogP contribution in [0.2, 0.25) is 0 Å². The lowest BCUT2D eigenvalue weighted by Gasteiger charge is -2.19. The van der Waals surface area contributed by atoms with Gasteiger partial charge in [-0.25, -0.2) is 0 Å². The monoisotopic (exact) mass is 230 g/mol. The van der Waals surface area contributed by atoms with E-state index < -0.39 is 0 Å². The van der Waals surface area contributed by atoms with Gasteiger partial charge in [-0.15, -0.1) is 0 Å². The fourth-order valence-corrected chi connectivity index (χ4v) is 2.22. The lowest BCUT2D eigenvalue weighted by Crippen LogP contribution is -2.15. The fraction of sp³-hybridized carbons (Fsp3) is 0.400. The summed E-state index contributed by atoms with van der Waals surface area (Å²) < 4.78 is 5.29. The molecule has 1 unspecified atom stereocenters. The van der Waals surface area contributed by atoms with Gasteiger partial charge in [-0.05, 0) is 36.5 Å². The Hall–Kier alpha value is -1.57. The van der Waals surface area contributed by atoms with Crippen molar-refractivity contribution in [1.29, 1.82) is 0 Å². The zero-order chi connectivity index (χ0) is 12.3.